The molecule has 1 unspecified atom stereocenters. The van der Waals surface area contributed by atoms with Crippen LogP contribution in [0.1, 0.15) is 24.8 Å². The summed E-state index contributed by atoms with van der Waals surface area (Å²) in [4.78, 5) is 14.2. The lowest BCUT2D eigenvalue weighted by atomic mass is 9.95. The van der Waals surface area contributed by atoms with Gasteiger partial charge in [0, 0.05) is 18.8 Å². The van der Waals surface area contributed by atoms with Gasteiger partial charge in [-0.25, -0.2) is 0 Å². The SMILES string of the molecule is CCC(C(=O)N(C)c1cccc(O)c1)c1ccccc1. The van der Waals surface area contributed by atoms with Crippen molar-refractivity contribution in [1.82, 2.24) is 0 Å². The summed E-state index contributed by atoms with van der Waals surface area (Å²) in [7, 11) is 1.74. The van der Waals surface area contributed by atoms with Crippen LogP contribution in [0, 0.1) is 0 Å². The monoisotopic (exact) mass is 269 g/mol. The quantitative estimate of drug-likeness (QED) is 0.922. The Balaban J connectivity index is 2.25. The summed E-state index contributed by atoms with van der Waals surface area (Å²) in [5, 5.41) is 9.52. The highest BCUT2D eigenvalue weighted by Gasteiger charge is 2.23. The van der Waals surface area contributed by atoms with Gasteiger partial charge < -0.3 is 10.0 Å². The molecule has 0 radical (unpaired) electrons. The Labute approximate surface area is 119 Å². The first kappa shape index (κ1) is 14.1. The number of aromatic hydroxyl groups is 1. The fraction of sp³-hybridized carbons (Fsp3) is 0.235. The molecular formula is C17H19NO2. The summed E-state index contributed by atoms with van der Waals surface area (Å²) in [5.41, 5.74) is 1.72. The van der Waals surface area contributed by atoms with Crippen molar-refractivity contribution < 1.29 is 9.90 Å². The standard InChI is InChI=1S/C17H19NO2/c1-3-16(13-8-5-4-6-9-13)17(20)18(2)14-10-7-11-15(19)12-14/h4-12,16,19H,3H2,1-2H3. The van der Waals surface area contributed by atoms with Crippen LogP contribution in [0.3, 0.4) is 0 Å². The number of anilines is 1. The van der Waals surface area contributed by atoms with Gasteiger partial charge in [-0.05, 0) is 24.1 Å². The van der Waals surface area contributed by atoms with Crippen molar-refractivity contribution in [3.8, 4) is 5.75 Å². The van der Waals surface area contributed by atoms with Gasteiger partial charge in [-0.15, -0.1) is 0 Å². The van der Waals surface area contributed by atoms with Gasteiger partial charge in [-0.2, -0.15) is 0 Å². The van der Waals surface area contributed by atoms with E-state index in [1.807, 2.05) is 43.3 Å². The molecule has 1 N–H and O–H groups in total. The van der Waals surface area contributed by atoms with Crippen molar-refractivity contribution in [2.45, 2.75) is 19.3 Å². The van der Waals surface area contributed by atoms with Crippen molar-refractivity contribution >= 4 is 11.6 Å². The summed E-state index contributed by atoms with van der Waals surface area (Å²) < 4.78 is 0. The molecule has 2 aromatic carbocycles. The normalized spacial score (nSPS) is 11.9. The van der Waals surface area contributed by atoms with E-state index in [1.54, 1.807) is 30.1 Å². The molecule has 1 atom stereocenters. The van der Waals surface area contributed by atoms with E-state index in [0.29, 0.717) is 5.69 Å². The van der Waals surface area contributed by atoms with Crippen LogP contribution in [0.15, 0.2) is 54.6 Å². The lowest BCUT2D eigenvalue weighted by Crippen LogP contribution is -2.31. The van der Waals surface area contributed by atoms with Crippen LogP contribution in [0.25, 0.3) is 0 Å². The zero-order valence-electron chi connectivity index (χ0n) is 11.8. The van der Waals surface area contributed by atoms with Crippen molar-refractivity contribution in [3.05, 3.63) is 60.2 Å². The number of phenolic OH excluding ortho intramolecular Hbond substituents is 1. The molecule has 0 saturated heterocycles. The molecule has 20 heavy (non-hydrogen) atoms. The van der Waals surface area contributed by atoms with E-state index < -0.39 is 0 Å². The minimum absolute atomic E-state index is 0.0318. The minimum atomic E-state index is -0.163. The molecule has 3 nitrogen and oxygen atoms in total. The van der Waals surface area contributed by atoms with Crippen LogP contribution < -0.4 is 4.90 Å². The highest BCUT2D eigenvalue weighted by Crippen LogP contribution is 2.26. The first-order chi connectivity index (χ1) is 9.63. The Bertz CT molecular complexity index is 581. The summed E-state index contributed by atoms with van der Waals surface area (Å²) in [6.45, 7) is 2.01. The largest absolute Gasteiger partial charge is 0.508 e. The number of likely N-dealkylation sites (N-methyl/N-ethyl adjacent to an activating group) is 1. The summed E-state index contributed by atoms with van der Waals surface area (Å²) >= 11 is 0. The molecule has 0 aliphatic heterocycles. The maximum Gasteiger partial charge on any atom is 0.234 e. The molecule has 0 spiro atoms. The van der Waals surface area contributed by atoms with E-state index in [0.717, 1.165) is 12.0 Å². The molecule has 2 rings (SSSR count). The molecular weight excluding hydrogens is 250 g/mol. The molecule has 104 valence electrons. The van der Waals surface area contributed by atoms with Crippen molar-refractivity contribution in [2.24, 2.45) is 0 Å². The van der Waals surface area contributed by atoms with Gasteiger partial charge in [0.25, 0.3) is 0 Å². The van der Waals surface area contributed by atoms with Crippen molar-refractivity contribution in [2.75, 3.05) is 11.9 Å². The van der Waals surface area contributed by atoms with Crippen LogP contribution in [0.2, 0.25) is 0 Å². The number of benzene rings is 2. The maximum absolute atomic E-state index is 12.6. The topological polar surface area (TPSA) is 40.5 Å². The summed E-state index contributed by atoms with van der Waals surface area (Å²) in [5.74, 6) is 0.0303. The third-order valence-corrected chi connectivity index (χ3v) is 3.46. The Morgan fingerprint density at radius 3 is 2.45 bits per heavy atom. The number of carbonyl (C=O) groups excluding carboxylic acids is 1. The first-order valence-corrected chi connectivity index (χ1v) is 6.75. The molecule has 0 bridgehead atoms. The smallest absolute Gasteiger partial charge is 0.234 e. The second kappa shape index (κ2) is 6.24. The van der Waals surface area contributed by atoms with E-state index in [9.17, 15) is 9.90 Å². The maximum atomic E-state index is 12.6. The predicted molar refractivity (Wildman–Crippen MR) is 81.0 cm³/mol. The molecule has 0 heterocycles. The number of hydrogen-bond acceptors (Lipinski definition) is 2. The number of rotatable bonds is 4. The van der Waals surface area contributed by atoms with Crippen LogP contribution in [0.4, 0.5) is 5.69 Å². The Morgan fingerprint density at radius 2 is 1.85 bits per heavy atom. The predicted octanol–water partition coefficient (Wildman–Crippen LogP) is 3.55. The summed E-state index contributed by atoms with van der Waals surface area (Å²) in [6, 6.07) is 16.5. The van der Waals surface area contributed by atoms with Crippen LogP contribution in [0.5, 0.6) is 5.75 Å². The molecule has 0 fully saturated rings. The molecule has 0 saturated carbocycles. The Hall–Kier alpha value is -2.29. The Kier molecular flexibility index (Phi) is 4.41. The van der Waals surface area contributed by atoms with Gasteiger partial charge in [0.1, 0.15) is 5.75 Å². The Morgan fingerprint density at radius 1 is 1.15 bits per heavy atom. The number of phenols is 1. The average molecular weight is 269 g/mol. The number of carbonyl (C=O) groups is 1. The van der Waals surface area contributed by atoms with Gasteiger partial charge in [0.05, 0.1) is 5.92 Å². The van der Waals surface area contributed by atoms with Gasteiger partial charge >= 0.3 is 0 Å². The van der Waals surface area contributed by atoms with E-state index in [1.165, 1.54) is 0 Å². The second-order valence-corrected chi connectivity index (χ2v) is 4.79. The van der Waals surface area contributed by atoms with Crippen molar-refractivity contribution in [3.63, 3.8) is 0 Å². The number of hydrogen-bond donors (Lipinski definition) is 1. The van der Waals surface area contributed by atoms with Gasteiger partial charge in [-0.3, -0.25) is 4.79 Å². The zero-order valence-corrected chi connectivity index (χ0v) is 11.8. The molecule has 0 aliphatic carbocycles. The minimum Gasteiger partial charge on any atom is -0.508 e. The van der Waals surface area contributed by atoms with Gasteiger partial charge in [-0.1, -0.05) is 43.3 Å². The highest BCUT2D eigenvalue weighted by molar-refractivity contribution is 5.97. The van der Waals surface area contributed by atoms with E-state index >= 15 is 0 Å². The first-order valence-electron chi connectivity index (χ1n) is 6.75. The van der Waals surface area contributed by atoms with Crippen LogP contribution in [-0.2, 0) is 4.79 Å². The van der Waals surface area contributed by atoms with Gasteiger partial charge in [0.15, 0.2) is 0 Å². The second-order valence-electron chi connectivity index (χ2n) is 4.79. The molecule has 0 aliphatic rings. The third-order valence-electron chi connectivity index (χ3n) is 3.46. The lowest BCUT2D eigenvalue weighted by molar-refractivity contribution is -0.119. The lowest BCUT2D eigenvalue weighted by Gasteiger charge is -2.23. The summed E-state index contributed by atoms with van der Waals surface area (Å²) in [6.07, 6.45) is 0.742. The van der Waals surface area contributed by atoms with Crippen LogP contribution >= 0.6 is 0 Å². The molecule has 3 heteroatoms. The molecule has 2 aromatic rings. The molecule has 0 aromatic heterocycles. The van der Waals surface area contributed by atoms with Crippen LogP contribution in [-0.4, -0.2) is 18.1 Å². The highest BCUT2D eigenvalue weighted by atomic mass is 16.3. The fourth-order valence-electron chi connectivity index (χ4n) is 2.30. The van der Waals surface area contributed by atoms with Gasteiger partial charge in [0.2, 0.25) is 5.91 Å². The number of nitrogens with zero attached hydrogens (tertiary/aromatic N) is 1. The zero-order chi connectivity index (χ0) is 14.5. The fourth-order valence-corrected chi connectivity index (χ4v) is 2.30. The average Bonchev–Trinajstić information content (AvgIpc) is 2.48. The van der Waals surface area contributed by atoms with E-state index in [-0.39, 0.29) is 17.6 Å². The van der Waals surface area contributed by atoms with Crippen molar-refractivity contribution in [1.29, 1.82) is 0 Å². The van der Waals surface area contributed by atoms with E-state index in [4.69, 9.17) is 0 Å². The number of amides is 1. The van der Waals surface area contributed by atoms with E-state index in [2.05, 4.69) is 0 Å². The third kappa shape index (κ3) is 2.99. The molecule has 1 amide bonds.